The van der Waals surface area contributed by atoms with Gasteiger partial charge >= 0.3 is 0 Å². The van der Waals surface area contributed by atoms with Gasteiger partial charge in [0, 0.05) is 11.1 Å². The Kier molecular flexibility index (Phi) is 4.33. The van der Waals surface area contributed by atoms with Crippen LogP contribution in [0.25, 0.3) is 0 Å². The molecule has 0 fully saturated rings. The van der Waals surface area contributed by atoms with E-state index < -0.39 is 11.6 Å². The van der Waals surface area contributed by atoms with E-state index in [0.717, 1.165) is 12.1 Å². The third-order valence-electron chi connectivity index (χ3n) is 3.86. The lowest BCUT2D eigenvalue weighted by Gasteiger charge is -2.07. The van der Waals surface area contributed by atoms with Crippen LogP contribution in [-0.2, 0) is 0 Å². The summed E-state index contributed by atoms with van der Waals surface area (Å²) >= 11 is 0. The second-order valence-corrected chi connectivity index (χ2v) is 5.64. The molecule has 0 aliphatic rings. The molecule has 0 amide bonds. The van der Waals surface area contributed by atoms with Gasteiger partial charge in [-0.15, -0.1) is 0 Å². The Labute approximate surface area is 148 Å². The lowest BCUT2D eigenvalue weighted by atomic mass is 9.97. The van der Waals surface area contributed by atoms with Crippen LogP contribution >= 0.6 is 0 Å². The zero-order chi connectivity index (χ0) is 18.8. The molecule has 0 aromatic heterocycles. The predicted octanol–water partition coefficient (Wildman–Crippen LogP) is 2.97. The van der Waals surface area contributed by atoms with Gasteiger partial charge in [0.2, 0.25) is 0 Å². The fourth-order valence-electron chi connectivity index (χ4n) is 2.50. The molecule has 0 aliphatic heterocycles. The van der Waals surface area contributed by atoms with Gasteiger partial charge in [0.05, 0.1) is 11.1 Å². The monoisotopic (exact) mass is 350 g/mol. The number of phenolic OH excluding ortho intramolecular Hbond substituents is 4. The van der Waals surface area contributed by atoms with Gasteiger partial charge < -0.3 is 20.4 Å². The van der Waals surface area contributed by atoms with E-state index in [0.29, 0.717) is 0 Å². The van der Waals surface area contributed by atoms with E-state index in [9.17, 15) is 30.0 Å². The third-order valence-corrected chi connectivity index (χ3v) is 3.86. The fraction of sp³-hybridized carbons (Fsp3) is 0. The number of phenols is 4. The summed E-state index contributed by atoms with van der Waals surface area (Å²) in [5.41, 5.74) is 0.301. The molecule has 3 rings (SSSR count). The predicted molar refractivity (Wildman–Crippen MR) is 92.9 cm³/mol. The van der Waals surface area contributed by atoms with Crippen molar-refractivity contribution in [3.63, 3.8) is 0 Å². The summed E-state index contributed by atoms with van der Waals surface area (Å²) in [5.74, 6) is -1.87. The van der Waals surface area contributed by atoms with Crippen LogP contribution in [0.3, 0.4) is 0 Å². The van der Waals surface area contributed by atoms with Gasteiger partial charge in [-0.1, -0.05) is 24.3 Å². The van der Waals surface area contributed by atoms with Crippen LogP contribution in [0, 0.1) is 0 Å². The highest BCUT2D eigenvalue weighted by Crippen LogP contribution is 2.27. The minimum Gasteiger partial charge on any atom is -0.508 e. The van der Waals surface area contributed by atoms with Crippen LogP contribution in [0.2, 0.25) is 0 Å². The molecular formula is C20H14O6. The molecule has 0 radical (unpaired) electrons. The zero-order valence-electron chi connectivity index (χ0n) is 13.4. The lowest BCUT2D eigenvalue weighted by molar-refractivity contribution is 0.102. The molecule has 0 spiro atoms. The van der Waals surface area contributed by atoms with Gasteiger partial charge in [-0.3, -0.25) is 9.59 Å². The van der Waals surface area contributed by atoms with Crippen molar-refractivity contribution in [2.45, 2.75) is 0 Å². The number of rotatable bonds is 4. The molecule has 3 aromatic rings. The van der Waals surface area contributed by atoms with Crippen molar-refractivity contribution in [3.05, 3.63) is 82.9 Å². The molecule has 0 aliphatic carbocycles. The Morgan fingerprint density at radius 2 is 0.885 bits per heavy atom. The molecule has 0 heterocycles. The van der Waals surface area contributed by atoms with E-state index in [1.807, 2.05) is 0 Å². The molecule has 0 saturated carbocycles. The highest BCUT2D eigenvalue weighted by atomic mass is 16.3. The molecule has 0 bridgehead atoms. The zero-order valence-corrected chi connectivity index (χ0v) is 13.4. The van der Waals surface area contributed by atoms with Crippen molar-refractivity contribution < 1.29 is 30.0 Å². The summed E-state index contributed by atoms with van der Waals surface area (Å²) in [6.07, 6.45) is 0. The van der Waals surface area contributed by atoms with Crippen molar-refractivity contribution in [2.24, 2.45) is 0 Å². The molecule has 26 heavy (non-hydrogen) atoms. The largest absolute Gasteiger partial charge is 0.508 e. The Hall–Kier alpha value is -3.80. The summed E-state index contributed by atoms with van der Waals surface area (Å²) in [7, 11) is 0. The van der Waals surface area contributed by atoms with Crippen molar-refractivity contribution >= 4 is 11.6 Å². The molecule has 130 valence electrons. The van der Waals surface area contributed by atoms with Gasteiger partial charge in [0.25, 0.3) is 0 Å². The van der Waals surface area contributed by atoms with Gasteiger partial charge in [-0.2, -0.15) is 0 Å². The number of aromatic hydroxyl groups is 4. The van der Waals surface area contributed by atoms with Crippen molar-refractivity contribution in [1.82, 2.24) is 0 Å². The standard InChI is InChI=1S/C20H14O6/c21-13-5-7-17(23)15(9-13)19(25)11-1-2-12(4-3-11)20(26)16-10-14(22)6-8-18(16)24/h1-10,21-24H. The maximum absolute atomic E-state index is 12.4. The normalized spacial score (nSPS) is 10.5. The molecule has 6 heteroatoms. The molecule has 0 unspecified atom stereocenters. The van der Waals surface area contributed by atoms with Crippen LogP contribution < -0.4 is 0 Å². The fourth-order valence-corrected chi connectivity index (χ4v) is 2.50. The minimum atomic E-state index is -0.516. The summed E-state index contributed by atoms with van der Waals surface area (Å²) < 4.78 is 0. The van der Waals surface area contributed by atoms with E-state index in [1.165, 1.54) is 48.5 Å². The molecule has 3 aromatic carbocycles. The smallest absolute Gasteiger partial charge is 0.196 e. The van der Waals surface area contributed by atoms with E-state index >= 15 is 0 Å². The van der Waals surface area contributed by atoms with Crippen LogP contribution in [0.15, 0.2) is 60.7 Å². The molecule has 0 atom stereocenters. The summed E-state index contributed by atoms with van der Waals surface area (Å²) in [5, 5.41) is 38.5. The number of carbonyl (C=O) groups is 2. The van der Waals surface area contributed by atoms with E-state index in [1.54, 1.807) is 0 Å². The second kappa shape index (κ2) is 6.60. The van der Waals surface area contributed by atoms with E-state index in [4.69, 9.17) is 0 Å². The van der Waals surface area contributed by atoms with Crippen molar-refractivity contribution in [2.75, 3.05) is 0 Å². The van der Waals surface area contributed by atoms with Crippen molar-refractivity contribution in [1.29, 1.82) is 0 Å². The molecule has 6 nitrogen and oxygen atoms in total. The van der Waals surface area contributed by atoms with E-state index in [2.05, 4.69) is 0 Å². The van der Waals surface area contributed by atoms with Gasteiger partial charge in [0.15, 0.2) is 11.6 Å². The van der Waals surface area contributed by atoms with Gasteiger partial charge in [-0.25, -0.2) is 0 Å². The first-order chi connectivity index (χ1) is 12.4. The number of hydrogen-bond acceptors (Lipinski definition) is 6. The lowest BCUT2D eigenvalue weighted by Crippen LogP contribution is -2.05. The Bertz CT molecular complexity index is 923. The number of ketones is 2. The average Bonchev–Trinajstić information content (AvgIpc) is 2.64. The van der Waals surface area contributed by atoms with Crippen LogP contribution in [-0.4, -0.2) is 32.0 Å². The molecule has 4 N–H and O–H groups in total. The number of carbonyl (C=O) groups excluding carboxylic acids is 2. The topological polar surface area (TPSA) is 115 Å². The van der Waals surface area contributed by atoms with E-state index in [-0.39, 0.29) is 45.3 Å². The summed E-state index contributed by atoms with van der Waals surface area (Å²) in [6, 6.07) is 12.9. The highest BCUT2D eigenvalue weighted by Gasteiger charge is 2.17. The van der Waals surface area contributed by atoms with Gasteiger partial charge in [-0.05, 0) is 36.4 Å². The summed E-state index contributed by atoms with van der Waals surface area (Å²) in [6.45, 7) is 0. The highest BCUT2D eigenvalue weighted by molar-refractivity contribution is 6.13. The summed E-state index contributed by atoms with van der Waals surface area (Å²) in [4.78, 5) is 24.9. The van der Waals surface area contributed by atoms with Crippen LogP contribution in [0.4, 0.5) is 0 Å². The SMILES string of the molecule is O=C(c1ccc(C(=O)c2cc(O)ccc2O)cc1)c1cc(O)ccc1O. The number of benzene rings is 3. The quantitative estimate of drug-likeness (QED) is 0.425. The van der Waals surface area contributed by atoms with Crippen molar-refractivity contribution in [3.8, 4) is 23.0 Å². The maximum atomic E-state index is 12.4. The Morgan fingerprint density at radius 1 is 0.538 bits per heavy atom. The minimum absolute atomic E-state index is 0.0605. The average molecular weight is 350 g/mol. The second-order valence-electron chi connectivity index (χ2n) is 5.64. The third kappa shape index (κ3) is 3.21. The first-order valence-electron chi connectivity index (χ1n) is 7.60. The maximum Gasteiger partial charge on any atom is 0.196 e. The van der Waals surface area contributed by atoms with Crippen LogP contribution in [0.5, 0.6) is 23.0 Å². The Morgan fingerprint density at radius 3 is 1.23 bits per heavy atom. The first kappa shape index (κ1) is 17.0. The molecule has 0 saturated heterocycles. The first-order valence-corrected chi connectivity index (χ1v) is 7.60. The number of hydrogen-bond donors (Lipinski definition) is 4. The Balaban J connectivity index is 1.91. The van der Waals surface area contributed by atoms with Gasteiger partial charge in [0.1, 0.15) is 23.0 Å². The molecular weight excluding hydrogens is 336 g/mol. The van der Waals surface area contributed by atoms with Crippen LogP contribution in [0.1, 0.15) is 31.8 Å².